The maximum atomic E-state index is 12.7. The van der Waals surface area contributed by atoms with E-state index >= 15 is 0 Å². The molecule has 0 radical (unpaired) electrons. The fourth-order valence-corrected chi connectivity index (χ4v) is 3.11. The van der Waals surface area contributed by atoms with Crippen LogP contribution in [0.25, 0.3) is 0 Å². The minimum Gasteiger partial charge on any atom is -0.377 e. The van der Waals surface area contributed by atoms with E-state index in [1.165, 1.54) is 6.42 Å². The third kappa shape index (κ3) is 2.86. The number of rotatable bonds is 1. The standard InChI is InChI=1S/C14H26N2O2/c1-14(2)10-18-9-8-16(14)13(17)11-6-4-3-5-7-12(11)15/h11-12H,3-10,15H2,1-2H3. The van der Waals surface area contributed by atoms with E-state index in [1.54, 1.807) is 0 Å². The summed E-state index contributed by atoms with van der Waals surface area (Å²) in [5.41, 5.74) is 6.00. The first-order chi connectivity index (χ1) is 8.52. The molecule has 4 heteroatoms. The molecule has 0 aromatic carbocycles. The second-order valence-electron chi connectivity index (χ2n) is 6.26. The Bertz CT molecular complexity index is 304. The predicted molar refractivity (Wildman–Crippen MR) is 71.2 cm³/mol. The number of hydrogen-bond donors (Lipinski definition) is 1. The normalized spacial score (nSPS) is 32.9. The number of ether oxygens (including phenoxy) is 1. The van der Waals surface area contributed by atoms with Crippen LogP contribution in [0.2, 0.25) is 0 Å². The Kier molecular flexibility index (Phi) is 4.28. The van der Waals surface area contributed by atoms with Crippen LogP contribution in [-0.4, -0.2) is 42.1 Å². The lowest BCUT2D eigenvalue weighted by Crippen LogP contribution is -2.58. The maximum absolute atomic E-state index is 12.7. The van der Waals surface area contributed by atoms with Crippen molar-refractivity contribution in [3.63, 3.8) is 0 Å². The lowest BCUT2D eigenvalue weighted by molar-refractivity contribution is -0.151. The summed E-state index contributed by atoms with van der Waals surface area (Å²) < 4.78 is 5.48. The van der Waals surface area contributed by atoms with Crippen LogP contribution in [0.4, 0.5) is 0 Å². The summed E-state index contributed by atoms with van der Waals surface area (Å²) in [7, 11) is 0. The lowest BCUT2D eigenvalue weighted by atomic mass is 9.91. The van der Waals surface area contributed by atoms with Crippen LogP contribution in [-0.2, 0) is 9.53 Å². The van der Waals surface area contributed by atoms with E-state index < -0.39 is 0 Å². The number of carbonyl (C=O) groups is 1. The second kappa shape index (κ2) is 5.57. The van der Waals surface area contributed by atoms with E-state index in [-0.39, 0.29) is 23.4 Å². The van der Waals surface area contributed by atoms with Gasteiger partial charge in [0, 0.05) is 12.6 Å². The van der Waals surface area contributed by atoms with Crippen molar-refractivity contribution in [1.29, 1.82) is 0 Å². The van der Waals surface area contributed by atoms with Crippen LogP contribution < -0.4 is 5.73 Å². The molecule has 1 saturated heterocycles. The Morgan fingerprint density at radius 1 is 1.28 bits per heavy atom. The van der Waals surface area contributed by atoms with Gasteiger partial charge >= 0.3 is 0 Å². The molecule has 2 rings (SSSR count). The first-order valence-electron chi connectivity index (χ1n) is 7.17. The first kappa shape index (κ1) is 13.8. The Labute approximate surface area is 110 Å². The van der Waals surface area contributed by atoms with Crippen LogP contribution in [0.15, 0.2) is 0 Å². The van der Waals surface area contributed by atoms with E-state index in [4.69, 9.17) is 10.5 Å². The lowest BCUT2D eigenvalue weighted by Gasteiger charge is -2.44. The van der Waals surface area contributed by atoms with Crippen molar-refractivity contribution in [2.45, 2.75) is 57.5 Å². The molecule has 1 heterocycles. The zero-order valence-electron chi connectivity index (χ0n) is 11.7. The molecule has 2 unspecified atom stereocenters. The SMILES string of the molecule is CC1(C)COCCN1C(=O)C1CCCCCC1N. The highest BCUT2D eigenvalue weighted by Crippen LogP contribution is 2.28. The fraction of sp³-hybridized carbons (Fsp3) is 0.929. The molecule has 2 atom stereocenters. The Morgan fingerprint density at radius 2 is 2.00 bits per heavy atom. The molecular weight excluding hydrogens is 228 g/mol. The molecule has 18 heavy (non-hydrogen) atoms. The molecule has 0 aromatic rings. The Balaban J connectivity index is 2.08. The molecule has 2 aliphatic rings. The van der Waals surface area contributed by atoms with Crippen LogP contribution in [0, 0.1) is 5.92 Å². The largest absolute Gasteiger partial charge is 0.377 e. The molecule has 1 saturated carbocycles. The summed E-state index contributed by atoms with van der Waals surface area (Å²) in [6.45, 7) is 6.13. The van der Waals surface area contributed by atoms with Crippen LogP contribution in [0.1, 0.15) is 46.0 Å². The summed E-state index contributed by atoms with van der Waals surface area (Å²) >= 11 is 0. The van der Waals surface area contributed by atoms with E-state index in [2.05, 4.69) is 13.8 Å². The van der Waals surface area contributed by atoms with Crippen molar-refractivity contribution in [3.05, 3.63) is 0 Å². The molecule has 2 N–H and O–H groups in total. The average Bonchev–Trinajstić information content (AvgIpc) is 2.52. The smallest absolute Gasteiger partial charge is 0.227 e. The molecule has 4 nitrogen and oxygen atoms in total. The summed E-state index contributed by atoms with van der Waals surface area (Å²) in [4.78, 5) is 14.7. The maximum Gasteiger partial charge on any atom is 0.227 e. The number of carbonyl (C=O) groups excluding carboxylic acids is 1. The second-order valence-corrected chi connectivity index (χ2v) is 6.26. The molecule has 2 fully saturated rings. The van der Waals surface area contributed by atoms with Gasteiger partial charge < -0.3 is 15.4 Å². The molecule has 104 valence electrons. The van der Waals surface area contributed by atoms with Crippen molar-refractivity contribution in [1.82, 2.24) is 4.90 Å². The van der Waals surface area contributed by atoms with Crippen LogP contribution >= 0.6 is 0 Å². The Morgan fingerprint density at radius 3 is 2.72 bits per heavy atom. The van der Waals surface area contributed by atoms with Gasteiger partial charge in [-0.25, -0.2) is 0 Å². The quantitative estimate of drug-likeness (QED) is 0.722. The van der Waals surface area contributed by atoms with E-state index in [0.29, 0.717) is 19.8 Å². The Hall–Kier alpha value is -0.610. The number of morpholine rings is 1. The highest BCUT2D eigenvalue weighted by Gasteiger charge is 2.39. The van der Waals surface area contributed by atoms with E-state index in [0.717, 1.165) is 25.7 Å². The average molecular weight is 254 g/mol. The molecule has 1 aliphatic carbocycles. The van der Waals surface area contributed by atoms with Gasteiger partial charge in [-0.15, -0.1) is 0 Å². The van der Waals surface area contributed by atoms with E-state index in [1.807, 2.05) is 4.90 Å². The first-order valence-corrected chi connectivity index (χ1v) is 7.17. The van der Waals surface area contributed by atoms with Gasteiger partial charge in [-0.1, -0.05) is 19.3 Å². The topological polar surface area (TPSA) is 55.6 Å². The van der Waals surface area contributed by atoms with Gasteiger partial charge in [0.05, 0.1) is 24.7 Å². The van der Waals surface area contributed by atoms with Gasteiger partial charge in [-0.2, -0.15) is 0 Å². The van der Waals surface area contributed by atoms with Gasteiger partial charge in [0.15, 0.2) is 0 Å². The van der Waals surface area contributed by atoms with Crippen molar-refractivity contribution >= 4 is 5.91 Å². The third-order valence-electron chi connectivity index (χ3n) is 4.30. The van der Waals surface area contributed by atoms with Gasteiger partial charge in [0.2, 0.25) is 5.91 Å². The third-order valence-corrected chi connectivity index (χ3v) is 4.30. The highest BCUT2D eigenvalue weighted by molar-refractivity contribution is 5.80. The summed E-state index contributed by atoms with van der Waals surface area (Å²) in [5, 5.41) is 0. The molecule has 1 aliphatic heterocycles. The monoisotopic (exact) mass is 254 g/mol. The summed E-state index contributed by atoms with van der Waals surface area (Å²) in [6, 6.07) is 0.0404. The van der Waals surface area contributed by atoms with Gasteiger partial charge in [-0.05, 0) is 26.7 Å². The predicted octanol–water partition coefficient (Wildman–Crippen LogP) is 1.53. The summed E-state index contributed by atoms with van der Waals surface area (Å²) in [6.07, 6.45) is 5.45. The number of hydrogen-bond acceptors (Lipinski definition) is 3. The van der Waals surface area contributed by atoms with Crippen molar-refractivity contribution in [3.8, 4) is 0 Å². The minimum atomic E-state index is -0.193. The summed E-state index contributed by atoms with van der Waals surface area (Å²) in [5.74, 6) is 0.266. The molecule has 0 bridgehead atoms. The highest BCUT2D eigenvalue weighted by atomic mass is 16.5. The molecule has 0 aromatic heterocycles. The number of amides is 1. The van der Waals surface area contributed by atoms with Gasteiger partial charge in [0.25, 0.3) is 0 Å². The zero-order valence-corrected chi connectivity index (χ0v) is 11.7. The fourth-order valence-electron chi connectivity index (χ4n) is 3.11. The minimum absolute atomic E-state index is 0.0184. The van der Waals surface area contributed by atoms with Crippen LogP contribution in [0.3, 0.4) is 0 Å². The van der Waals surface area contributed by atoms with Crippen molar-refractivity contribution < 1.29 is 9.53 Å². The van der Waals surface area contributed by atoms with Gasteiger partial charge in [0.1, 0.15) is 0 Å². The zero-order chi connectivity index (χ0) is 13.2. The van der Waals surface area contributed by atoms with E-state index in [9.17, 15) is 4.79 Å². The molecule has 0 spiro atoms. The van der Waals surface area contributed by atoms with Gasteiger partial charge in [-0.3, -0.25) is 4.79 Å². The number of nitrogens with zero attached hydrogens (tertiary/aromatic N) is 1. The van der Waals surface area contributed by atoms with Crippen molar-refractivity contribution in [2.75, 3.05) is 19.8 Å². The number of nitrogens with two attached hydrogens (primary N) is 1. The van der Waals surface area contributed by atoms with Crippen LogP contribution in [0.5, 0.6) is 0 Å². The molecule has 1 amide bonds. The van der Waals surface area contributed by atoms with Crippen molar-refractivity contribution in [2.24, 2.45) is 11.7 Å². The molecular formula is C14H26N2O2.